The van der Waals surface area contributed by atoms with Crippen LogP contribution in [0.25, 0.3) is 0 Å². The fraction of sp³-hybridized carbons (Fsp3) is 0.400. The van der Waals surface area contributed by atoms with Crippen LogP contribution in [0.3, 0.4) is 0 Å². The van der Waals surface area contributed by atoms with Gasteiger partial charge in [-0.25, -0.2) is 13.8 Å². The van der Waals surface area contributed by atoms with Gasteiger partial charge in [-0.05, 0) is 37.1 Å². The highest BCUT2D eigenvalue weighted by molar-refractivity contribution is 5.97. The number of hydrogen-bond donors (Lipinski definition) is 2. The lowest BCUT2D eigenvalue weighted by molar-refractivity contribution is -0.274. The Kier molecular flexibility index (Phi) is 6.35. The normalized spacial score (nSPS) is 18.5. The number of rotatable bonds is 5. The largest absolute Gasteiger partial charge is 0.573 e. The maximum absolute atomic E-state index is 13.9. The van der Waals surface area contributed by atoms with Crippen LogP contribution < -0.4 is 15.8 Å². The number of carbonyl (C=O) groups excluding carboxylic acids is 1. The van der Waals surface area contributed by atoms with Gasteiger partial charge in [0.1, 0.15) is 11.6 Å². The molecule has 0 bridgehead atoms. The second kappa shape index (κ2) is 8.66. The zero-order chi connectivity index (χ0) is 22.8. The molecule has 1 saturated heterocycles. The minimum Gasteiger partial charge on any atom is -0.406 e. The lowest BCUT2D eigenvalue weighted by Crippen LogP contribution is -2.54. The van der Waals surface area contributed by atoms with E-state index in [1.165, 1.54) is 6.07 Å². The number of pyridine rings is 1. The smallest absolute Gasteiger partial charge is 0.406 e. The van der Waals surface area contributed by atoms with Crippen molar-refractivity contribution in [1.82, 2.24) is 9.88 Å². The van der Waals surface area contributed by atoms with E-state index >= 15 is 0 Å². The van der Waals surface area contributed by atoms with E-state index in [1.807, 2.05) is 0 Å². The molecule has 0 radical (unpaired) electrons. The molecule has 1 aromatic carbocycles. The van der Waals surface area contributed by atoms with Crippen molar-refractivity contribution in [2.24, 2.45) is 5.73 Å². The summed E-state index contributed by atoms with van der Waals surface area (Å²) in [5.74, 6) is -3.99. The van der Waals surface area contributed by atoms with Crippen molar-refractivity contribution >= 4 is 17.4 Å². The van der Waals surface area contributed by atoms with Crippen molar-refractivity contribution in [3.05, 3.63) is 47.7 Å². The SMILES string of the molecule is Cc1ccc(Nc2cc(OC(F)(F)F)ccn2)cc1C(=O)N1CC(F)(F)CC[C@@H]1CN. The summed E-state index contributed by atoms with van der Waals surface area (Å²) in [5.41, 5.74) is 6.76. The standard InChI is InChI=1S/C20H21F5N4O2/c1-12-2-3-13(28-17-9-15(5-7-27-17)31-20(23,24)25)8-16(12)18(30)29-11-19(21,22)6-4-14(29)10-26/h2-3,5,7-9,14H,4,6,10-11,26H2,1H3,(H,27,28)/t14-/m1/s1. The minimum atomic E-state index is -4.85. The summed E-state index contributed by atoms with van der Waals surface area (Å²) < 4.78 is 68.9. The van der Waals surface area contributed by atoms with E-state index in [2.05, 4.69) is 15.0 Å². The average Bonchev–Trinajstić information content (AvgIpc) is 2.67. The maximum atomic E-state index is 13.9. The lowest BCUT2D eigenvalue weighted by Gasteiger charge is -2.39. The molecule has 1 atom stereocenters. The summed E-state index contributed by atoms with van der Waals surface area (Å²) in [5, 5.41) is 2.79. The molecule has 1 aliphatic heterocycles. The summed E-state index contributed by atoms with van der Waals surface area (Å²) in [6.07, 6.45) is -3.95. The van der Waals surface area contributed by atoms with Gasteiger partial charge in [-0.3, -0.25) is 4.79 Å². The number of likely N-dealkylation sites (tertiary alicyclic amines) is 1. The number of piperidine rings is 1. The molecule has 2 aromatic rings. The molecule has 1 fully saturated rings. The molecular weight excluding hydrogens is 423 g/mol. The summed E-state index contributed by atoms with van der Waals surface area (Å²) in [4.78, 5) is 18.1. The van der Waals surface area contributed by atoms with Crippen LogP contribution in [0.1, 0.15) is 28.8 Å². The molecule has 0 spiro atoms. The van der Waals surface area contributed by atoms with Crippen LogP contribution in [0.15, 0.2) is 36.5 Å². The van der Waals surface area contributed by atoms with Gasteiger partial charge in [0.05, 0.1) is 6.54 Å². The Morgan fingerprint density at radius 3 is 2.74 bits per heavy atom. The topological polar surface area (TPSA) is 80.5 Å². The summed E-state index contributed by atoms with van der Waals surface area (Å²) in [6.45, 7) is 1.00. The fourth-order valence-electron chi connectivity index (χ4n) is 3.38. The molecule has 1 aromatic heterocycles. The number of aromatic nitrogens is 1. The first-order valence-corrected chi connectivity index (χ1v) is 9.46. The molecule has 0 saturated carbocycles. The van der Waals surface area contributed by atoms with Crippen LogP contribution in [0, 0.1) is 6.92 Å². The summed E-state index contributed by atoms with van der Waals surface area (Å²) in [7, 11) is 0. The van der Waals surface area contributed by atoms with Gasteiger partial charge >= 0.3 is 6.36 Å². The third-order valence-corrected chi connectivity index (χ3v) is 4.92. The Bertz CT molecular complexity index is 951. The van der Waals surface area contributed by atoms with Gasteiger partial charge in [0, 0.05) is 42.5 Å². The number of benzene rings is 1. The van der Waals surface area contributed by atoms with Crippen molar-refractivity contribution in [1.29, 1.82) is 0 Å². The Morgan fingerprint density at radius 1 is 1.32 bits per heavy atom. The number of anilines is 2. The van der Waals surface area contributed by atoms with Crippen molar-refractivity contribution in [2.45, 2.75) is 38.1 Å². The van der Waals surface area contributed by atoms with Gasteiger partial charge in [0.2, 0.25) is 0 Å². The van der Waals surface area contributed by atoms with Crippen molar-refractivity contribution < 1.29 is 31.5 Å². The highest BCUT2D eigenvalue weighted by Gasteiger charge is 2.42. The first-order valence-electron chi connectivity index (χ1n) is 9.46. The van der Waals surface area contributed by atoms with Crippen LogP contribution >= 0.6 is 0 Å². The van der Waals surface area contributed by atoms with Crippen LogP contribution in [0.2, 0.25) is 0 Å². The predicted molar refractivity (Wildman–Crippen MR) is 103 cm³/mol. The number of alkyl halides is 5. The van der Waals surface area contributed by atoms with E-state index in [-0.39, 0.29) is 30.8 Å². The van der Waals surface area contributed by atoms with Gasteiger partial charge in [-0.2, -0.15) is 0 Å². The van der Waals surface area contributed by atoms with E-state index in [0.717, 1.165) is 23.2 Å². The van der Waals surface area contributed by atoms with Crippen molar-refractivity contribution in [3.63, 3.8) is 0 Å². The Balaban J connectivity index is 1.83. The first-order chi connectivity index (χ1) is 14.5. The van der Waals surface area contributed by atoms with E-state index in [4.69, 9.17) is 5.73 Å². The number of carbonyl (C=O) groups is 1. The molecule has 1 aliphatic rings. The van der Waals surface area contributed by atoms with Gasteiger partial charge in [-0.1, -0.05) is 6.07 Å². The molecule has 31 heavy (non-hydrogen) atoms. The first kappa shape index (κ1) is 22.7. The van der Waals surface area contributed by atoms with Crippen molar-refractivity contribution in [2.75, 3.05) is 18.4 Å². The monoisotopic (exact) mass is 444 g/mol. The molecule has 11 heteroatoms. The number of hydrogen-bond acceptors (Lipinski definition) is 5. The second-order valence-electron chi connectivity index (χ2n) is 7.30. The Morgan fingerprint density at radius 2 is 2.06 bits per heavy atom. The zero-order valence-corrected chi connectivity index (χ0v) is 16.5. The van der Waals surface area contributed by atoms with Gasteiger partial charge in [0.15, 0.2) is 0 Å². The fourth-order valence-corrected chi connectivity index (χ4v) is 3.38. The summed E-state index contributed by atoms with van der Waals surface area (Å²) in [6, 6.07) is 6.23. The lowest BCUT2D eigenvalue weighted by atomic mass is 9.97. The Labute approximate surface area is 175 Å². The highest BCUT2D eigenvalue weighted by Crippen LogP contribution is 2.32. The number of amides is 1. The molecule has 0 aliphatic carbocycles. The number of aryl methyl sites for hydroxylation is 1. The third kappa shape index (κ3) is 5.81. The molecule has 6 nitrogen and oxygen atoms in total. The van der Waals surface area contributed by atoms with Crippen LogP contribution in [-0.4, -0.2) is 47.2 Å². The van der Waals surface area contributed by atoms with Gasteiger partial charge in [0.25, 0.3) is 11.8 Å². The zero-order valence-electron chi connectivity index (χ0n) is 16.5. The van der Waals surface area contributed by atoms with Gasteiger partial charge < -0.3 is 20.7 Å². The quantitative estimate of drug-likeness (QED) is 0.675. The number of nitrogens with zero attached hydrogens (tertiary/aromatic N) is 2. The second-order valence-corrected chi connectivity index (χ2v) is 7.30. The number of ether oxygens (including phenoxy) is 1. The van der Waals surface area contributed by atoms with Crippen molar-refractivity contribution in [3.8, 4) is 5.75 Å². The van der Waals surface area contributed by atoms with Crippen LogP contribution in [0.5, 0.6) is 5.75 Å². The van der Waals surface area contributed by atoms with Crippen LogP contribution in [-0.2, 0) is 0 Å². The average molecular weight is 444 g/mol. The minimum absolute atomic E-state index is 0.0494. The molecule has 3 rings (SSSR count). The molecule has 3 N–H and O–H groups in total. The Hall–Kier alpha value is -2.95. The predicted octanol–water partition coefficient (Wildman–Crippen LogP) is 4.23. The molecular formula is C20H21F5N4O2. The number of nitrogens with one attached hydrogen (secondary N) is 1. The molecule has 1 amide bonds. The highest BCUT2D eigenvalue weighted by atomic mass is 19.4. The van der Waals surface area contributed by atoms with E-state index < -0.39 is 36.5 Å². The number of nitrogens with two attached hydrogens (primary N) is 1. The van der Waals surface area contributed by atoms with E-state index in [0.29, 0.717) is 11.3 Å². The van der Waals surface area contributed by atoms with Crippen LogP contribution in [0.4, 0.5) is 33.5 Å². The third-order valence-electron chi connectivity index (χ3n) is 4.92. The summed E-state index contributed by atoms with van der Waals surface area (Å²) >= 11 is 0. The molecule has 0 unspecified atom stereocenters. The molecule has 2 heterocycles. The maximum Gasteiger partial charge on any atom is 0.573 e. The van der Waals surface area contributed by atoms with E-state index in [1.54, 1.807) is 19.1 Å². The van der Waals surface area contributed by atoms with E-state index in [9.17, 15) is 26.7 Å². The number of halogens is 5. The van der Waals surface area contributed by atoms with Gasteiger partial charge in [-0.15, -0.1) is 13.2 Å². The molecule has 168 valence electrons.